The minimum Gasteiger partial charge on any atom is -0.481 e. The molecule has 108 valence electrons. The number of carbonyl (C=O) groups is 1. The summed E-state index contributed by atoms with van der Waals surface area (Å²) < 4.78 is 0. The molecule has 3 heteroatoms. The van der Waals surface area contributed by atoms with Crippen LogP contribution in [-0.2, 0) is 4.79 Å². The molecule has 0 saturated carbocycles. The van der Waals surface area contributed by atoms with Crippen LogP contribution in [-0.4, -0.2) is 24.2 Å². The van der Waals surface area contributed by atoms with Gasteiger partial charge >= 0.3 is 5.97 Å². The van der Waals surface area contributed by atoms with Crippen LogP contribution in [0.5, 0.6) is 0 Å². The van der Waals surface area contributed by atoms with Gasteiger partial charge in [-0.3, -0.25) is 4.79 Å². The van der Waals surface area contributed by atoms with Crippen molar-refractivity contribution >= 4 is 5.97 Å². The van der Waals surface area contributed by atoms with Crippen molar-refractivity contribution in [1.29, 1.82) is 0 Å². The second kappa shape index (κ2) is 5.66. The Bertz CT molecular complexity index is 354. The van der Waals surface area contributed by atoms with Crippen LogP contribution in [0.1, 0.15) is 52.4 Å². The zero-order valence-corrected chi connectivity index (χ0v) is 12.2. The van der Waals surface area contributed by atoms with Gasteiger partial charge in [0.25, 0.3) is 0 Å². The first-order chi connectivity index (χ1) is 9.13. The van der Waals surface area contributed by atoms with Crippen LogP contribution in [0.25, 0.3) is 0 Å². The molecule has 19 heavy (non-hydrogen) atoms. The first-order valence-corrected chi connectivity index (χ1v) is 7.75. The van der Waals surface area contributed by atoms with E-state index in [0.717, 1.165) is 51.6 Å². The molecule has 2 rings (SSSR count). The third kappa shape index (κ3) is 2.12. The molecular weight excluding hydrogens is 238 g/mol. The lowest BCUT2D eigenvalue weighted by molar-refractivity contribution is -0.166. The molecule has 1 fully saturated rings. The third-order valence-corrected chi connectivity index (χ3v) is 5.71. The van der Waals surface area contributed by atoms with Crippen molar-refractivity contribution in [2.75, 3.05) is 13.1 Å². The van der Waals surface area contributed by atoms with Gasteiger partial charge in [-0.2, -0.15) is 0 Å². The fourth-order valence-electron chi connectivity index (χ4n) is 4.55. The minimum atomic E-state index is -0.563. The average Bonchev–Trinajstić information content (AvgIpc) is 2.47. The summed E-state index contributed by atoms with van der Waals surface area (Å²) in [6.45, 7) is 6.23. The summed E-state index contributed by atoms with van der Waals surface area (Å²) in [4.78, 5) is 12.3. The van der Waals surface area contributed by atoms with Crippen molar-refractivity contribution in [2.24, 2.45) is 16.7 Å². The number of piperidine rings is 1. The lowest BCUT2D eigenvalue weighted by atomic mass is 9.50. The molecule has 0 bridgehead atoms. The molecular formula is C16H27NO2. The van der Waals surface area contributed by atoms with E-state index in [2.05, 4.69) is 31.3 Å². The van der Waals surface area contributed by atoms with Crippen LogP contribution in [0, 0.1) is 16.7 Å². The molecule has 1 atom stereocenters. The van der Waals surface area contributed by atoms with Gasteiger partial charge in [0.15, 0.2) is 0 Å². The van der Waals surface area contributed by atoms with Gasteiger partial charge in [-0.25, -0.2) is 0 Å². The molecule has 1 aliphatic carbocycles. The summed E-state index contributed by atoms with van der Waals surface area (Å²) in [5.41, 5.74) is -0.702. The maximum atomic E-state index is 12.3. The quantitative estimate of drug-likeness (QED) is 0.767. The fourth-order valence-corrected chi connectivity index (χ4v) is 4.55. The molecule has 0 radical (unpaired) electrons. The lowest BCUT2D eigenvalue weighted by Crippen LogP contribution is -2.54. The predicted molar refractivity (Wildman–Crippen MR) is 77.1 cm³/mol. The highest BCUT2D eigenvalue weighted by Gasteiger charge is 2.58. The van der Waals surface area contributed by atoms with Crippen molar-refractivity contribution in [3.05, 3.63) is 12.2 Å². The molecule has 0 amide bonds. The molecule has 0 aromatic rings. The van der Waals surface area contributed by atoms with E-state index in [9.17, 15) is 9.90 Å². The Morgan fingerprint density at radius 1 is 1.32 bits per heavy atom. The van der Waals surface area contributed by atoms with Crippen molar-refractivity contribution < 1.29 is 9.90 Å². The Hall–Kier alpha value is -0.830. The van der Waals surface area contributed by atoms with E-state index in [4.69, 9.17) is 0 Å². The first kappa shape index (κ1) is 14.6. The molecule has 2 N–H and O–H groups in total. The van der Waals surface area contributed by atoms with Gasteiger partial charge in [0.1, 0.15) is 0 Å². The zero-order valence-electron chi connectivity index (χ0n) is 12.2. The van der Waals surface area contributed by atoms with Crippen molar-refractivity contribution in [3.63, 3.8) is 0 Å². The molecule has 2 aliphatic rings. The highest BCUT2D eigenvalue weighted by atomic mass is 16.4. The number of aliphatic carboxylic acids is 1. The molecule has 0 spiro atoms. The van der Waals surface area contributed by atoms with E-state index in [-0.39, 0.29) is 5.41 Å². The standard InChI is InChI=1S/C16H27NO2/c1-3-15(4-2)9-5-6-10-16(15,14(18)19)13-7-11-17-12-8-13/h5,9,13,17H,3-4,6-8,10-12H2,1-2H3,(H,18,19). The van der Waals surface area contributed by atoms with Crippen LogP contribution in [0.2, 0.25) is 0 Å². The average molecular weight is 265 g/mol. The van der Waals surface area contributed by atoms with Gasteiger partial charge in [0, 0.05) is 5.41 Å². The van der Waals surface area contributed by atoms with Crippen LogP contribution in [0.3, 0.4) is 0 Å². The van der Waals surface area contributed by atoms with Gasteiger partial charge in [-0.15, -0.1) is 0 Å². The van der Waals surface area contributed by atoms with E-state index in [1.807, 2.05) is 0 Å². The second-order valence-corrected chi connectivity index (χ2v) is 6.11. The summed E-state index contributed by atoms with van der Waals surface area (Å²) in [7, 11) is 0. The van der Waals surface area contributed by atoms with Gasteiger partial charge in [0.2, 0.25) is 0 Å². The number of allylic oxidation sites excluding steroid dienone is 2. The van der Waals surface area contributed by atoms with E-state index in [1.165, 1.54) is 0 Å². The summed E-state index contributed by atoms with van der Waals surface area (Å²) in [6, 6.07) is 0. The SMILES string of the molecule is CCC1(CC)C=CCCC1(C(=O)O)C1CCNCC1. The number of carboxylic acid groups (broad SMARTS) is 1. The van der Waals surface area contributed by atoms with E-state index >= 15 is 0 Å². The van der Waals surface area contributed by atoms with Crippen molar-refractivity contribution in [1.82, 2.24) is 5.32 Å². The molecule has 0 aromatic heterocycles. The summed E-state index contributed by atoms with van der Waals surface area (Å²) >= 11 is 0. The molecule has 1 unspecified atom stereocenters. The van der Waals surface area contributed by atoms with Crippen LogP contribution < -0.4 is 5.32 Å². The molecule has 1 saturated heterocycles. The smallest absolute Gasteiger partial charge is 0.310 e. The van der Waals surface area contributed by atoms with Crippen LogP contribution >= 0.6 is 0 Å². The maximum absolute atomic E-state index is 12.3. The zero-order chi connectivity index (χ0) is 13.9. The number of carboxylic acids is 1. The minimum absolute atomic E-state index is 0.154. The van der Waals surface area contributed by atoms with Crippen molar-refractivity contribution in [3.8, 4) is 0 Å². The summed E-state index contributed by atoms with van der Waals surface area (Å²) in [5.74, 6) is -0.247. The van der Waals surface area contributed by atoms with E-state index in [0.29, 0.717) is 5.92 Å². The Morgan fingerprint density at radius 3 is 2.47 bits per heavy atom. The lowest BCUT2D eigenvalue weighted by Gasteiger charge is -2.53. The third-order valence-electron chi connectivity index (χ3n) is 5.71. The highest BCUT2D eigenvalue weighted by Crippen LogP contribution is 2.58. The molecule has 3 nitrogen and oxygen atoms in total. The second-order valence-electron chi connectivity index (χ2n) is 6.11. The van der Waals surface area contributed by atoms with Crippen LogP contribution in [0.15, 0.2) is 12.2 Å². The van der Waals surface area contributed by atoms with E-state index < -0.39 is 11.4 Å². The normalized spacial score (nSPS) is 31.3. The number of nitrogens with one attached hydrogen (secondary N) is 1. The molecule has 1 aliphatic heterocycles. The summed E-state index contributed by atoms with van der Waals surface area (Å²) in [6.07, 6.45) is 10.0. The fraction of sp³-hybridized carbons (Fsp3) is 0.812. The Balaban J connectivity index is 2.46. The Labute approximate surface area is 116 Å². The largest absolute Gasteiger partial charge is 0.481 e. The summed E-state index contributed by atoms with van der Waals surface area (Å²) in [5, 5.41) is 13.4. The predicted octanol–water partition coefficient (Wildman–Crippen LogP) is 3.21. The van der Waals surface area contributed by atoms with Gasteiger partial charge in [-0.1, -0.05) is 26.0 Å². The van der Waals surface area contributed by atoms with Gasteiger partial charge < -0.3 is 10.4 Å². The number of rotatable bonds is 4. The van der Waals surface area contributed by atoms with E-state index in [1.54, 1.807) is 0 Å². The number of hydrogen-bond acceptors (Lipinski definition) is 2. The highest BCUT2D eigenvalue weighted by molar-refractivity contribution is 5.77. The van der Waals surface area contributed by atoms with Gasteiger partial charge in [-0.05, 0) is 57.5 Å². The molecule has 1 heterocycles. The van der Waals surface area contributed by atoms with Crippen molar-refractivity contribution in [2.45, 2.75) is 52.4 Å². The topological polar surface area (TPSA) is 49.3 Å². The maximum Gasteiger partial charge on any atom is 0.310 e. The molecule has 0 aromatic carbocycles. The van der Waals surface area contributed by atoms with Gasteiger partial charge in [0.05, 0.1) is 5.41 Å². The number of hydrogen-bond donors (Lipinski definition) is 2. The Morgan fingerprint density at radius 2 is 1.95 bits per heavy atom. The monoisotopic (exact) mass is 265 g/mol. The first-order valence-electron chi connectivity index (χ1n) is 7.75. The van der Waals surface area contributed by atoms with Crippen LogP contribution in [0.4, 0.5) is 0 Å². The Kier molecular flexibility index (Phi) is 4.34.